The summed E-state index contributed by atoms with van der Waals surface area (Å²) in [5.41, 5.74) is 9.98. The van der Waals surface area contributed by atoms with Crippen LogP contribution in [0, 0.1) is 11.8 Å². The molecule has 1 aromatic carbocycles. The van der Waals surface area contributed by atoms with E-state index < -0.39 is 6.10 Å². The molecule has 31 heavy (non-hydrogen) atoms. The molecule has 0 aliphatic heterocycles. The van der Waals surface area contributed by atoms with Crippen molar-refractivity contribution in [3.05, 3.63) is 71.4 Å². The highest BCUT2D eigenvalue weighted by atomic mass is 32.1. The third-order valence-corrected chi connectivity index (χ3v) is 5.62. The van der Waals surface area contributed by atoms with Crippen molar-refractivity contribution in [2.75, 3.05) is 11.9 Å². The summed E-state index contributed by atoms with van der Waals surface area (Å²) in [7, 11) is 0. The number of aliphatic hydroxyl groups excluding tert-OH is 1. The highest BCUT2D eigenvalue weighted by Gasteiger charge is 2.15. The molecule has 0 bridgehead atoms. The van der Waals surface area contributed by atoms with E-state index in [2.05, 4.69) is 34.3 Å². The fourth-order valence-electron chi connectivity index (χ4n) is 3.16. The Hall–Kier alpha value is -3.31. The molecule has 0 fully saturated rings. The molecule has 4 rings (SSSR count). The molecule has 4 N–H and O–H groups in total. The van der Waals surface area contributed by atoms with Gasteiger partial charge in [0.05, 0.1) is 10.3 Å². The minimum atomic E-state index is -0.704. The molecular formula is C24H23N5OS. The Bertz CT molecular complexity index is 1210. The van der Waals surface area contributed by atoms with Gasteiger partial charge in [0, 0.05) is 35.9 Å². The van der Waals surface area contributed by atoms with E-state index in [9.17, 15) is 5.11 Å². The lowest BCUT2D eigenvalue weighted by Gasteiger charge is -2.14. The zero-order valence-electron chi connectivity index (χ0n) is 17.1. The zero-order valence-corrected chi connectivity index (χ0v) is 17.9. The van der Waals surface area contributed by atoms with Gasteiger partial charge in [-0.25, -0.2) is 9.97 Å². The van der Waals surface area contributed by atoms with Crippen molar-refractivity contribution in [3.8, 4) is 23.2 Å². The molecule has 0 radical (unpaired) electrons. The number of nitrogens with two attached hydrogens (primary N) is 1. The minimum absolute atomic E-state index is 0.0637. The number of rotatable bonds is 6. The topological polar surface area (TPSA) is 97.0 Å². The second-order valence-corrected chi connectivity index (χ2v) is 8.11. The SMILES string of the molecule is CC(O)C#Cc1csc2c(NC[C@H](N)Cc3ccccc3)nc(-c3ccncc3)nc12. The lowest BCUT2D eigenvalue weighted by atomic mass is 10.1. The summed E-state index contributed by atoms with van der Waals surface area (Å²) in [4.78, 5) is 13.6. The molecule has 0 aliphatic carbocycles. The van der Waals surface area contributed by atoms with E-state index in [-0.39, 0.29) is 6.04 Å². The van der Waals surface area contributed by atoms with Crippen molar-refractivity contribution in [1.82, 2.24) is 15.0 Å². The molecule has 3 heterocycles. The van der Waals surface area contributed by atoms with Crippen LogP contribution in [0.25, 0.3) is 21.6 Å². The molecule has 1 unspecified atom stereocenters. The van der Waals surface area contributed by atoms with E-state index in [0.29, 0.717) is 12.4 Å². The van der Waals surface area contributed by atoms with E-state index in [1.165, 1.54) is 16.9 Å². The summed E-state index contributed by atoms with van der Waals surface area (Å²) in [6, 6.07) is 13.9. The lowest BCUT2D eigenvalue weighted by molar-refractivity contribution is 0.253. The fraction of sp³-hybridized carbons (Fsp3) is 0.208. The van der Waals surface area contributed by atoms with Gasteiger partial charge in [0.2, 0.25) is 0 Å². The van der Waals surface area contributed by atoms with Gasteiger partial charge in [0.25, 0.3) is 0 Å². The first-order valence-electron chi connectivity index (χ1n) is 10.0. The Morgan fingerprint density at radius 2 is 1.90 bits per heavy atom. The van der Waals surface area contributed by atoms with Crippen molar-refractivity contribution < 1.29 is 5.11 Å². The van der Waals surface area contributed by atoms with Crippen LogP contribution in [0.1, 0.15) is 18.1 Å². The number of aromatic nitrogens is 3. The number of hydrogen-bond donors (Lipinski definition) is 3. The average molecular weight is 430 g/mol. The molecule has 156 valence electrons. The number of anilines is 1. The maximum absolute atomic E-state index is 9.54. The minimum Gasteiger partial charge on any atom is -0.381 e. The summed E-state index contributed by atoms with van der Waals surface area (Å²) in [6.45, 7) is 2.21. The van der Waals surface area contributed by atoms with Gasteiger partial charge in [-0.3, -0.25) is 4.98 Å². The fourth-order valence-corrected chi connectivity index (χ4v) is 4.06. The van der Waals surface area contributed by atoms with Gasteiger partial charge in [-0.1, -0.05) is 42.2 Å². The number of thiophene rings is 1. The van der Waals surface area contributed by atoms with Crippen molar-refractivity contribution in [2.45, 2.75) is 25.5 Å². The predicted octanol–water partition coefficient (Wildman–Crippen LogP) is 3.47. The summed E-state index contributed by atoms with van der Waals surface area (Å²) in [5.74, 6) is 7.15. The van der Waals surface area contributed by atoms with Crippen LogP contribution >= 0.6 is 11.3 Å². The number of nitrogens with zero attached hydrogens (tertiary/aromatic N) is 3. The number of pyridine rings is 1. The Kier molecular flexibility index (Phi) is 6.53. The molecule has 0 aliphatic rings. The normalized spacial score (nSPS) is 12.7. The number of hydrogen-bond acceptors (Lipinski definition) is 7. The van der Waals surface area contributed by atoms with Gasteiger partial charge >= 0.3 is 0 Å². The molecular weight excluding hydrogens is 406 g/mol. The Labute approximate surface area is 185 Å². The van der Waals surface area contributed by atoms with Crippen LogP contribution in [0.4, 0.5) is 5.82 Å². The van der Waals surface area contributed by atoms with Crippen LogP contribution < -0.4 is 11.1 Å². The van der Waals surface area contributed by atoms with Crippen molar-refractivity contribution in [2.24, 2.45) is 5.73 Å². The van der Waals surface area contributed by atoms with Crippen LogP contribution in [0.2, 0.25) is 0 Å². The standard InChI is InChI=1S/C24H23N5OS/c1-16(30)7-8-19-15-31-22-21(19)28-23(18-9-11-26-12-10-18)29-24(22)27-14-20(25)13-17-5-3-2-4-6-17/h2-6,9-12,15-16,20,30H,13-14,25H2,1H3,(H,27,28,29)/t16?,20-/m1/s1. The maximum Gasteiger partial charge on any atom is 0.162 e. The summed E-state index contributed by atoms with van der Waals surface area (Å²) in [5, 5.41) is 14.9. The largest absolute Gasteiger partial charge is 0.381 e. The van der Waals surface area contributed by atoms with Gasteiger partial charge < -0.3 is 16.2 Å². The Balaban J connectivity index is 1.65. The number of fused-ring (bicyclic) bond motifs is 1. The van der Waals surface area contributed by atoms with Crippen molar-refractivity contribution >= 4 is 27.4 Å². The molecule has 3 aromatic heterocycles. The van der Waals surface area contributed by atoms with Gasteiger partial charge in [-0.05, 0) is 31.0 Å². The second kappa shape index (κ2) is 9.67. The molecule has 0 saturated carbocycles. The molecule has 6 nitrogen and oxygen atoms in total. The first-order chi connectivity index (χ1) is 15.1. The van der Waals surface area contributed by atoms with Crippen LogP contribution in [-0.4, -0.2) is 38.7 Å². The van der Waals surface area contributed by atoms with E-state index in [0.717, 1.165) is 33.6 Å². The summed E-state index contributed by atoms with van der Waals surface area (Å²) in [6.07, 6.45) is 3.50. The first-order valence-corrected chi connectivity index (χ1v) is 10.9. The van der Waals surface area contributed by atoms with Crippen LogP contribution in [-0.2, 0) is 6.42 Å². The second-order valence-electron chi connectivity index (χ2n) is 7.23. The summed E-state index contributed by atoms with van der Waals surface area (Å²) >= 11 is 1.53. The van der Waals surface area contributed by atoms with Gasteiger partial charge in [-0.15, -0.1) is 11.3 Å². The maximum atomic E-state index is 9.54. The monoisotopic (exact) mass is 429 g/mol. The van der Waals surface area contributed by atoms with E-state index >= 15 is 0 Å². The van der Waals surface area contributed by atoms with Gasteiger partial charge in [0.15, 0.2) is 5.82 Å². The van der Waals surface area contributed by atoms with Gasteiger partial charge in [-0.2, -0.15) is 0 Å². The van der Waals surface area contributed by atoms with E-state index in [4.69, 9.17) is 15.7 Å². The quantitative estimate of drug-likeness (QED) is 0.406. The Morgan fingerprint density at radius 1 is 1.13 bits per heavy atom. The van der Waals surface area contributed by atoms with Crippen molar-refractivity contribution in [1.29, 1.82) is 0 Å². The van der Waals surface area contributed by atoms with Gasteiger partial charge in [0.1, 0.15) is 17.4 Å². The highest BCUT2D eigenvalue weighted by Crippen LogP contribution is 2.32. The molecule has 0 amide bonds. The molecule has 4 aromatic rings. The third kappa shape index (κ3) is 5.25. The predicted molar refractivity (Wildman–Crippen MR) is 126 cm³/mol. The molecule has 0 spiro atoms. The molecule has 7 heteroatoms. The third-order valence-electron chi connectivity index (χ3n) is 4.64. The number of benzene rings is 1. The van der Waals surface area contributed by atoms with E-state index in [1.807, 2.05) is 35.7 Å². The molecule has 2 atom stereocenters. The smallest absolute Gasteiger partial charge is 0.162 e. The van der Waals surface area contributed by atoms with Crippen LogP contribution in [0.15, 0.2) is 60.2 Å². The van der Waals surface area contributed by atoms with Crippen LogP contribution in [0.3, 0.4) is 0 Å². The Morgan fingerprint density at radius 3 is 2.65 bits per heavy atom. The van der Waals surface area contributed by atoms with Crippen LogP contribution in [0.5, 0.6) is 0 Å². The van der Waals surface area contributed by atoms with Crippen molar-refractivity contribution in [3.63, 3.8) is 0 Å². The number of aliphatic hydroxyl groups is 1. The average Bonchev–Trinajstić information content (AvgIpc) is 3.20. The molecule has 0 saturated heterocycles. The zero-order chi connectivity index (χ0) is 21.6. The lowest BCUT2D eigenvalue weighted by Crippen LogP contribution is -2.31. The number of nitrogens with one attached hydrogen (secondary N) is 1. The first kappa shape index (κ1) is 20.9. The van der Waals surface area contributed by atoms with E-state index in [1.54, 1.807) is 19.3 Å². The summed E-state index contributed by atoms with van der Waals surface area (Å²) < 4.78 is 0.916. The highest BCUT2D eigenvalue weighted by molar-refractivity contribution is 7.18.